The third-order valence-corrected chi connectivity index (χ3v) is 7.42. The fourth-order valence-corrected chi connectivity index (χ4v) is 5.26. The SMILES string of the molecule is O=S(Cc1ccc(Cl)cc1)C1CCC(C=CC=Cc2ccc(C(F)(F)F)cc2)CC1. The highest BCUT2D eigenvalue weighted by Gasteiger charge is 2.29. The maximum Gasteiger partial charge on any atom is 0.416 e. The van der Waals surface area contributed by atoms with Gasteiger partial charge < -0.3 is 0 Å². The van der Waals surface area contributed by atoms with Crippen LogP contribution in [0.2, 0.25) is 5.02 Å². The lowest BCUT2D eigenvalue weighted by Crippen LogP contribution is -2.23. The van der Waals surface area contributed by atoms with E-state index in [4.69, 9.17) is 11.6 Å². The van der Waals surface area contributed by atoms with Gasteiger partial charge in [0, 0.05) is 26.8 Å². The van der Waals surface area contributed by atoms with E-state index >= 15 is 0 Å². The summed E-state index contributed by atoms with van der Waals surface area (Å²) in [5.41, 5.74) is 1.14. The normalized spacial score (nSPS) is 21.3. The van der Waals surface area contributed by atoms with E-state index in [-0.39, 0.29) is 5.25 Å². The van der Waals surface area contributed by atoms with Crippen molar-refractivity contribution >= 4 is 28.5 Å². The standard InChI is InChI=1S/C24H24ClF3OS/c25-22-13-7-20(8-14-22)17-30(29)23-15-9-19(10-16-23)4-2-1-3-18-5-11-21(12-6-18)24(26,27)28/h1-8,11-14,19,23H,9-10,15-17H2. The summed E-state index contributed by atoms with van der Waals surface area (Å²) in [7, 11) is -0.881. The van der Waals surface area contributed by atoms with Crippen molar-refractivity contribution in [1.29, 1.82) is 0 Å². The zero-order valence-corrected chi connectivity index (χ0v) is 18.0. The highest BCUT2D eigenvalue weighted by Crippen LogP contribution is 2.30. The van der Waals surface area contributed by atoms with Gasteiger partial charge in [-0.25, -0.2) is 0 Å². The van der Waals surface area contributed by atoms with Crippen LogP contribution in [0.1, 0.15) is 42.4 Å². The molecule has 0 aliphatic heterocycles. The number of hydrogen-bond acceptors (Lipinski definition) is 1. The molecular formula is C24H24ClF3OS. The highest BCUT2D eigenvalue weighted by atomic mass is 35.5. The topological polar surface area (TPSA) is 17.1 Å². The first-order chi connectivity index (χ1) is 14.3. The number of rotatable bonds is 6. The van der Waals surface area contributed by atoms with Crippen molar-refractivity contribution in [2.45, 2.75) is 42.9 Å². The maximum atomic E-state index is 12.6. The molecule has 0 saturated heterocycles. The van der Waals surface area contributed by atoms with Crippen molar-refractivity contribution in [3.63, 3.8) is 0 Å². The van der Waals surface area contributed by atoms with Crippen LogP contribution in [0, 0.1) is 5.92 Å². The Morgan fingerprint density at radius 3 is 2.17 bits per heavy atom. The largest absolute Gasteiger partial charge is 0.416 e. The molecule has 160 valence electrons. The first-order valence-corrected chi connectivity index (χ1v) is 11.7. The van der Waals surface area contributed by atoms with Gasteiger partial charge in [0.25, 0.3) is 0 Å². The molecule has 1 atom stereocenters. The molecule has 1 unspecified atom stereocenters. The summed E-state index contributed by atoms with van der Waals surface area (Å²) in [6, 6.07) is 12.6. The van der Waals surface area contributed by atoms with E-state index in [2.05, 4.69) is 6.08 Å². The van der Waals surface area contributed by atoms with Crippen LogP contribution >= 0.6 is 11.6 Å². The predicted octanol–water partition coefficient (Wildman–Crippen LogP) is 7.44. The number of hydrogen-bond donors (Lipinski definition) is 0. The zero-order chi connectivity index (χ0) is 21.6. The molecule has 0 heterocycles. The summed E-state index contributed by atoms with van der Waals surface area (Å²) < 4.78 is 50.4. The molecule has 1 aliphatic carbocycles. The Balaban J connectivity index is 1.43. The molecule has 0 N–H and O–H groups in total. The molecule has 1 saturated carbocycles. The van der Waals surface area contributed by atoms with Gasteiger partial charge in [-0.05, 0) is 67.0 Å². The maximum absolute atomic E-state index is 12.6. The van der Waals surface area contributed by atoms with E-state index in [0.29, 0.717) is 16.7 Å². The van der Waals surface area contributed by atoms with Crippen LogP contribution in [0.5, 0.6) is 0 Å². The molecule has 0 aromatic heterocycles. The Morgan fingerprint density at radius 2 is 1.57 bits per heavy atom. The third-order valence-electron chi connectivity index (χ3n) is 5.33. The fraction of sp³-hybridized carbons (Fsp3) is 0.333. The second-order valence-corrected chi connectivity index (χ2v) is 9.71. The van der Waals surface area contributed by atoms with E-state index in [1.807, 2.05) is 36.4 Å². The van der Waals surface area contributed by atoms with Gasteiger partial charge in [0.05, 0.1) is 5.56 Å². The minimum atomic E-state index is -4.31. The smallest absolute Gasteiger partial charge is 0.259 e. The third kappa shape index (κ3) is 6.85. The van der Waals surface area contributed by atoms with Gasteiger partial charge in [-0.3, -0.25) is 4.21 Å². The summed E-state index contributed by atoms with van der Waals surface area (Å²) in [4.78, 5) is 0. The van der Waals surface area contributed by atoms with E-state index in [1.165, 1.54) is 12.1 Å². The lowest BCUT2D eigenvalue weighted by atomic mass is 9.88. The average Bonchev–Trinajstić information content (AvgIpc) is 2.73. The van der Waals surface area contributed by atoms with Gasteiger partial charge in [-0.2, -0.15) is 13.2 Å². The first-order valence-electron chi connectivity index (χ1n) is 9.95. The molecule has 2 aromatic rings. The molecule has 2 aromatic carbocycles. The summed E-state index contributed by atoms with van der Waals surface area (Å²) >= 11 is 5.89. The Kier molecular flexibility index (Phi) is 7.95. The molecule has 30 heavy (non-hydrogen) atoms. The molecule has 3 rings (SSSR count). The van der Waals surface area contributed by atoms with Crippen molar-refractivity contribution in [2.75, 3.05) is 0 Å². The van der Waals surface area contributed by atoms with Crippen LogP contribution in [-0.2, 0) is 22.7 Å². The van der Waals surface area contributed by atoms with E-state index in [9.17, 15) is 17.4 Å². The average molecular weight is 453 g/mol. The fourth-order valence-electron chi connectivity index (χ4n) is 3.58. The number of alkyl halides is 3. The Bertz CT molecular complexity index is 894. The van der Waals surface area contributed by atoms with Gasteiger partial charge in [0.1, 0.15) is 0 Å². The molecule has 1 nitrogen and oxygen atoms in total. The molecule has 1 fully saturated rings. The highest BCUT2D eigenvalue weighted by molar-refractivity contribution is 7.84. The van der Waals surface area contributed by atoms with Crippen molar-refractivity contribution < 1.29 is 17.4 Å². The van der Waals surface area contributed by atoms with Crippen LogP contribution in [-0.4, -0.2) is 9.46 Å². The van der Waals surface area contributed by atoms with Gasteiger partial charge in [-0.1, -0.05) is 60.2 Å². The molecule has 0 amide bonds. The van der Waals surface area contributed by atoms with Crippen molar-refractivity contribution in [2.24, 2.45) is 5.92 Å². The van der Waals surface area contributed by atoms with Crippen LogP contribution in [0.15, 0.2) is 66.8 Å². The number of allylic oxidation sites excluding steroid dienone is 3. The molecule has 0 radical (unpaired) electrons. The lowest BCUT2D eigenvalue weighted by molar-refractivity contribution is -0.137. The van der Waals surface area contributed by atoms with Crippen LogP contribution in [0.3, 0.4) is 0 Å². The zero-order valence-electron chi connectivity index (χ0n) is 16.4. The monoisotopic (exact) mass is 452 g/mol. The minimum absolute atomic E-state index is 0.230. The Hall–Kier alpha value is -1.85. The van der Waals surface area contributed by atoms with Crippen LogP contribution in [0.25, 0.3) is 6.08 Å². The molecule has 0 bridgehead atoms. The van der Waals surface area contributed by atoms with Crippen LogP contribution < -0.4 is 0 Å². The van der Waals surface area contributed by atoms with Gasteiger partial charge in [0.15, 0.2) is 0 Å². The second-order valence-electron chi connectivity index (χ2n) is 7.55. The van der Waals surface area contributed by atoms with Crippen LogP contribution in [0.4, 0.5) is 13.2 Å². The predicted molar refractivity (Wildman–Crippen MR) is 119 cm³/mol. The Labute approximate surface area is 183 Å². The van der Waals surface area contributed by atoms with Crippen molar-refractivity contribution in [1.82, 2.24) is 0 Å². The molecule has 1 aliphatic rings. The summed E-state index contributed by atoms with van der Waals surface area (Å²) in [5, 5.41) is 0.914. The van der Waals surface area contributed by atoms with E-state index in [1.54, 1.807) is 6.08 Å². The van der Waals surface area contributed by atoms with Gasteiger partial charge in [0.2, 0.25) is 0 Å². The lowest BCUT2D eigenvalue weighted by Gasteiger charge is -2.26. The molecule has 0 spiro atoms. The van der Waals surface area contributed by atoms with Crippen molar-refractivity contribution in [3.8, 4) is 0 Å². The van der Waals surface area contributed by atoms with Crippen molar-refractivity contribution in [3.05, 3.63) is 88.5 Å². The Morgan fingerprint density at radius 1 is 0.933 bits per heavy atom. The second kappa shape index (κ2) is 10.5. The van der Waals surface area contributed by atoms with Gasteiger partial charge >= 0.3 is 6.18 Å². The van der Waals surface area contributed by atoms with E-state index < -0.39 is 22.5 Å². The van der Waals surface area contributed by atoms with Gasteiger partial charge in [-0.15, -0.1) is 0 Å². The minimum Gasteiger partial charge on any atom is -0.259 e. The van der Waals surface area contributed by atoms with E-state index in [0.717, 1.165) is 48.9 Å². The summed E-state index contributed by atoms with van der Waals surface area (Å²) in [6.45, 7) is 0. The summed E-state index contributed by atoms with van der Waals surface area (Å²) in [5.74, 6) is 1.02. The summed E-state index contributed by atoms with van der Waals surface area (Å²) in [6.07, 6.45) is 7.32. The number of benzene rings is 2. The number of halogens is 4. The molecule has 6 heteroatoms. The quantitative estimate of drug-likeness (QED) is 0.416. The first kappa shape index (κ1) is 22.8. The molecular weight excluding hydrogens is 429 g/mol.